The van der Waals surface area contributed by atoms with Crippen molar-refractivity contribution in [2.45, 2.75) is 38.1 Å². The highest BCUT2D eigenvalue weighted by atomic mass is 19.1. The highest BCUT2D eigenvalue weighted by molar-refractivity contribution is 5.81. The molecule has 4 heterocycles. The Balaban J connectivity index is 1.34. The van der Waals surface area contributed by atoms with Gasteiger partial charge in [-0.1, -0.05) is 19.3 Å². The zero-order valence-corrected chi connectivity index (χ0v) is 19.3. The van der Waals surface area contributed by atoms with Gasteiger partial charge in [-0.2, -0.15) is 0 Å². The van der Waals surface area contributed by atoms with Crippen molar-refractivity contribution < 1.29 is 4.39 Å². The number of imidazole rings is 1. The van der Waals surface area contributed by atoms with E-state index >= 15 is 0 Å². The van der Waals surface area contributed by atoms with E-state index in [1.807, 2.05) is 22.7 Å². The van der Waals surface area contributed by atoms with Crippen LogP contribution >= 0.6 is 0 Å². The summed E-state index contributed by atoms with van der Waals surface area (Å²) in [7, 11) is 0. The van der Waals surface area contributed by atoms with Crippen LogP contribution in [0.3, 0.4) is 0 Å². The first-order valence-electron chi connectivity index (χ1n) is 12.3. The lowest BCUT2D eigenvalue weighted by Gasteiger charge is -2.41. The minimum atomic E-state index is -0.259. The number of aromatic nitrogens is 4. The highest BCUT2D eigenvalue weighted by Crippen LogP contribution is 2.33. The summed E-state index contributed by atoms with van der Waals surface area (Å²) in [6, 6.07) is 15.3. The average Bonchev–Trinajstić information content (AvgIpc) is 3.29. The monoisotopic (exact) mass is 456 g/mol. The van der Waals surface area contributed by atoms with E-state index in [9.17, 15) is 4.39 Å². The normalized spacial score (nSPS) is 18.0. The van der Waals surface area contributed by atoms with Gasteiger partial charge in [0.2, 0.25) is 0 Å². The first-order valence-corrected chi connectivity index (χ1v) is 12.3. The zero-order valence-electron chi connectivity index (χ0n) is 19.3. The van der Waals surface area contributed by atoms with Gasteiger partial charge in [0.05, 0.1) is 5.69 Å². The summed E-state index contributed by atoms with van der Waals surface area (Å²) in [6.45, 7) is 4.15. The first-order chi connectivity index (χ1) is 16.8. The third-order valence-electron chi connectivity index (χ3n) is 7.26. The summed E-state index contributed by atoms with van der Waals surface area (Å²) >= 11 is 0. The van der Waals surface area contributed by atoms with Crippen LogP contribution in [0.2, 0.25) is 0 Å². The summed E-state index contributed by atoms with van der Waals surface area (Å²) in [6.07, 6.45) is 10.4. The van der Waals surface area contributed by atoms with E-state index in [1.165, 1.54) is 44.2 Å². The second-order valence-corrected chi connectivity index (χ2v) is 9.33. The Morgan fingerprint density at radius 2 is 1.50 bits per heavy atom. The van der Waals surface area contributed by atoms with Gasteiger partial charge in [0.25, 0.3) is 0 Å². The van der Waals surface area contributed by atoms with Crippen LogP contribution in [0.1, 0.15) is 32.1 Å². The van der Waals surface area contributed by atoms with E-state index in [0.29, 0.717) is 0 Å². The van der Waals surface area contributed by atoms with E-state index < -0.39 is 0 Å². The van der Waals surface area contributed by atoms with Crippen molar-refractivity contribution in [1.82, 2.24) is 24.5 Å². The lowest BCUT2D eigenvalue weighted by atomic mass is 9.94. The van der Waals surface area contributed by atoms with Crippen LogP contribution in [0, 0.1) is 5.82 Å². The molecule has 0 radical (unpaired) electrons. The molecule has 7 heteroatoms. The number of anilines is 1. The van der Waals surface area contributed by atoms with Crippen LogP contribution in [-0.2, 0) is 0 Å². The lowest BCUT2D eigenvalue weighted by molar-refractivity contribution is 0.147. The van der Waals surface area contributed by atoms with Crippen LogP contribution in [0.25, 0.3) is 28.2 Å². The number of piperazine rings is 1. The van der Waals surface area contributed by atoms with Gasteiger partial charge in [-0.05, 0) is 61.4 Å². The van der Waals surface area contributed by atoms with Crippen LogP contribution in [0.15, 0.2) is 60.9 Å². The molecule has 3 aromatic heterocycles. The van der Waals surface area contributed by atoms with Crippen molar-refractivity contribution in [1.29, 1.82) is 0 Å². The Morgan fingerprint density at radius 3 is 2.24 bits per heavy atom. The molecule has 0 amide bonds. The standard InChI is InChI=1S/C27H29FN6/c28-22-8-6-20(7-9-22)26-27(21-12-14-29-15-13-21)34-24(30-26)10-11-25(31-34)33-18-16-32(17-19-33)23-4-2-1-3-5-23/h6-15,23H,1-5,16-19H2. The number of halogens is 1. The third-order valence-corrected chi connectivity index (χ3v) is 7.26. The van der Waals surface area contributed by atoms with Gasteiger partial charge in [0.1, 0.15) is 17.3 Å². The third kappa shape index (κ3) is 4.05. The van der Waals surface area contributed by atoms with Gasteiger partial charge in [0, 0.05) is 55.7 Å². The minimum absolute atomic E-state index is 0.259. The van der Waals surface area contributed by atoms with Gasteiger partial charge < -0.3 is 4.90 Å². The van der Waals surface area contributed by atoms with E-state index in [4.69, 9.17) is 10.1 Å². The Hall–Kier alpha value is -3.32. The Kier molecular flexibility index (Phi) is 5.71. The predicted molar refractivity (Wildman–Crippen MR) is 132 cm³/mol. The number of rotatable bonds is 4. The molecule has 4 aromatic rings. The molecule has 1 aliphatic heterocycles. The second-order valence-electron chi connectivity index (χ2n) is 9.33. The molecule has 1 aliphatic carbocycles. The van der Waals surface area contributed by atoms with Crippen molar-refractivity contribution in [3.05, 3.63) is 66.7 Å². The maximum atomic E-state index is 13.6. The number of fused-ring (bicyclic) bond motifs is 1. The molecule has 6 rings (SSSR count). The van der Waals surface area contributed by atoms with E-state index in [2.05, 4.69) is 20.9 Å². The van der Waals surface area contributed by atoms with Crippen molar-refractivity contribution in [2.75, 3.05) is 31.1 Å². The van der Waals surface area contributed by atoms with Gasteiger partial charge in [-0.25, -0.2) is 13.9 Å². The molecule has 6 nitrogen and oxygen atoms in total. The molecule has 0 bridgehead atoms. The molecule has 1 saturated carbocycles. The fourth-order valence-electron chi connectivity index (χ4n) is 5.43. The first kappa shape index (κ1) is 21.2. The zero-order chi connectivity index (χ0) is 22.9. The topological polar surface area (TPSA) is 49.6 Å². The number of hydrogen-bond donors (Lipinski definition) is 0. The van der Waals surface area contributed by atoms with Gasteiger partial charge in [0.15, 0.2) is 5.65 Å². The lowest BCUT2D eigenvalue weighted by Crippen LogP contribution is -2.51. The summed E-state index contributed by atoms with van der Waals surface area (Å²) in [5.74, 6) is 0.708. The molecule has 2 aliphatic rings. The minimum Gasteiger partial charge on any atom is -0.353 e. The highest BCUT2D eigenvalue weighted by Gasteiger charge is 2.26. The van der Waals surface area contributed by atoms with E-state index in [0.717, 1.165) is 66.2 Å². The molecular weight excluding hydrogens is 427 g/mol. The summed E-state index contributed by atoms with van der Waals surface area (Å²) < 4.78 is 15.5. The van der Waals surface area contributed by atoms with Crippen LogP contribution in [-0.4, -0.2) is 56.7 Å². The summed E-state index contributed by atoms with van der Waals surface area (Å²) in [5, 5.41) is 5.04. The number of nitrogens with zero attached hydrogens (tertiary/aromatic N) is 6. The Bertz CT molecular complexity index is 1260. The Morgan fingerprint density at radius 1 is 0.765 bits per heavy atom. The fraction of sp³-hybridized carbons (Fsp3) is 0.370. The van der Waals surface area contributed by atoms with Crippen LogP contribution < -0.4 is 4.90 Å². The predicted octanol–water partition coefficient (Wildman–Crippen LogP) is 5.05. The summed E-state index contributed by atoms with van der Waals surface area (Å²) in [4.78, 5) is 14.1. The van der Waals surface area contributed by atoms with Crippen molar-refractivity contribution in [3.63, 3.8) is 0 Å². The van der Waals surface area contributed by atoms with Crippen LogP contribution in [0.4, 0.5) is 10.2 Å². The van der Waals surface area contributed by atoms with E-state index in [-0.39, 0.29) is 5.82 Å². The number of benzene rings is 1. The van der Waals surface area contributed by atoms with Gasteiger partial charge in [-0.3, -0.25) is 9.88 Å². The molecule has 2 fully saturated rings. The van der Waals surface area contributed by atoms with E-state index in [1.54, 1.807) is 24.5 Å². The second kappa shape index (κ2) is 9.14. The molecule has 174 valence electrons. The molecule has 0 atom stereocenters. The van der Waals surface area contributed by atoms with Crippen LogP contribution in [0.5, 0.6) is 0 Å². The molecule has 1 aromatic carbocycles. The SMILES string of the molecule is Fc1ccc(-c2nc3ccc(N4CCN(C5CCCCC5)CC4)nn3c2-c2ccncc2)cc1. The van der Waals surface area contributed by atoms with Gasteiger partial charge >= 0.3 is 0 Å². The van der Waals surface area contributed by atoms with Gasteiger partial charge in [-0.15, -0.1) is 5.10 Å². The molecule has 0 N–H and O–H groups in total. The quantitative estimate of drug-likeness (QED) is 0.430. The molecule has 0 spiro atoms. The molecule has 0 unspecified atom stereocenters. The van der Waals surface area contributed by atoms with Crippen molar-refractivity contribution in [2.24, 2.45) is 0 Å². The molecular formula is C27H29FN6. The number of pyridine rings is 1. The maximum absolute atomic E-state index is 13.6. The molecule has 34 heavy (non-hydrogen) atoms. The largest absolute Gasteiger partial charge is 0.353 e. The fourth-order valence-corrected chi connectivity index (χ4v) is 5.43. The number of hydrogen-bond acceptors (Lipinski definition) is 5. The maximum Gasteiger partial charge on any atom is 0.155 e. The smallest absolute Gasteiger partial charge is 0.155 e. The Labute approximate surface area is 199 Å². The molecule has 1 saturated heterocycles. The average molecular weight is 457 g/mol. The summed E-state index contributed by atoms with van der Waals surface area (Å²) in [5.41, 5.74) is 4.30. The van der Waals surface area contributed by atoms with Crippen molar-refractivity contribution in [3.8, 4) is 22.5 Å². The van der Waals surface area contributed by atoms with Crippen molar-refractivity contribution >= 4 is 11.5 Å².